The van der Waals surface area contributed by atoms with Crippen molar-refractivity contribution in [2.24, 2.45) is 5.92 Å². The zero-order chi connectivity index (χ0) is 16.2. The maximum absolute atomic E-state index is 12.0. The Morgan fingerprint density at radius 1 is 1.26 bits per heavy atom. The van der Waals surface area contributed by atoms with Crippen molar-refractivity contribution in [1.82, 2.24) is 5.32 Å². The Morgan fingerprint density at radius 2 is 2.09 bits per heavy atom. The molecule has 2 heterocycles. The molecular formula is C19H24N2O2. The Bertz CT molecular complexity index is 649. The van der Waals surface area contributed by atoms with Gasteiger partial charge in [0.2, 0.25) is 5.91 Å². The fourth-order valence-electron chi connectivity index (χ4n) is 3.19. The second-order valence-corrected chi connectivity index (χ2v) is 6.51. The number of nitrogens with zero attached hydrogens (tertiary/aromatic N) is 1. The van der Waals surface area contributed by atoms with Crippen molar-refractivity contribution >= 4 is 11.6 Å². The number of hydrogen-bond acceptors (Lipinski definition) is 3. The molecule has 1 atom stereocenters. The first-order chi connectivity index (χ1) is 11.1. The quantitative estimate of drug-likeness (QED) is 0.887. The molecule has 122 valence electrons. The Balaban J connectivity index is 1.77. The van der Waals surface area contributed by atoms with E-state index in [2.05, 4.69) is 48.3 Å². The topological polar surface area (TPSA) is 45.5 Å². The van der Waals surface area contributed by atoms with Crippen molar-refractivity contribution in [3.63, 3.8) is 0 Å². The summed E-state index contributed by atoms with van der Waals surface area (Å²) in [7, 11) is 0. The summed E-state index contributed by atoms with van der Waals surface area (Å²) in [5.74, 6) is 1.36. The third-order valence-electron chi connectivity index (χ3n) is 4.26. The van der Waals surface area contributed by atoms with Crippen molar-refractivity contribution in [2.45, 2.75) is 32.7 Å². The molecule has 0 saturated carbocycles. The lowest BCUT2D eigenvalue weighted by molar-refractivity contribution is -0.121. The molecule has 0 unspecified atom stereocenters. The van der Waals surface area contributed by atoms with E-state index in [0.29, 0.717) is 18.9 Å². The second-order valence-electron chi connectivity index (χ2n) is 6.51. The van der Waals surface area contributed by atoms with Crippen molar-refractivity contribution < 1.29 is 9.21 Å². The van der Waals surface area contributed by atoms with E-state index in [0.717, 1.165) is 18.7 Å². The van der Waals surface area contributed by atoms with Crippen molar-refractivity contribution in [3.05, 3.63) is 54.0 Å². The van der Waals surface area contributed by atoms with Gasteiger partial charge in [-0.05, 0) is 36.1 Å². The zero-order valence-corrected chi connectivity index (χ0v) is 13.8. The largest absolute Gasteiger partial charge is 0.467 e. The van der Waals surface area contributed by atoms with Crippen molar-refractivity contribution in [2.75, 3.05) is 18.0 Å². The van der Waals surface area contributed by atoms with E-state index in [1.807, 2.05) is 12.1 Å². The van der Waals surface area contributed by atoms with Crippen LogP contribution >= 0.6 is 0 Å². The van der Waals surface area contributed by atoms with Crippen LogP contribution in [0.15, 0.2) is 47.1 Å². The number of nitrogens with one attached hydrogen (secondary N) is 1. The summed E-state index contributed by atoms with van der Waals surface area (Å²) in [6.45, 7) is 5.62. The number of benzene rings is 1. The van der Waals surface area contributed by atoms with E-state index < -0.39 is 0 Å². The number of carbonyl (C=O) groups excluding carboxylic acids is 1. The smallest absolute Gasteiger partial charge is 0.220 e. The first kappa shape index (κ1) is 15.7. The molecular weight excluding hydrogens is 288 g/mol. The van der Waals surface area contributed by atoms with Gasteiger partial charge in [0.15, 0.2) is 0 Å². The lowest BCUT2D eigenvalue weighted by Gasteiger charge is -2.29. The molecule has 0 bridgehead atoms. The van der Waals surface area contributed by atoms with Crippen molar-refractivity contribution in [3.8, 4) is 0 Å². The van der Waals surface area contributed by atoms with Crippen LogP contribution < -0.4 is 10.2 Å². The molecule has 1 aliphatic rings. The Morgan fingerprint density at radius 3 is 2.83 bits per heavy atom. The van der Waals surface area contributed by atoms with Crippen LogP contribution in [0.25, 0.3) is 0 Å². The van der Waals surface area contributed by atoms with Crippen LogP contribution in [0.1, 0.15) is 37.6 Å². The summed E-state index contributed by atoms with van der Waals surface area (Å²) < 4.78 is 5.64. The monoisotopic (exact) mass is 312 g/mol. The number of carbonyl (C=O) groups is 1. The molecule has 1 amide bonds. The molecule has 1 aromatic heterocycles. The molecule has 4 heteroatoms. The van der Waals surface area contributed by atoms with Crippen molar-refractivity contribution in [1.29, 1.82) is 0 Å². The highest BCUT2D eigenvalue weighted by Gasteiger charge is 2.29. The molecule has 0 saturated heterocycles. The van der Waals surface area contributed by atoms with Crippen LogP contribution in [0, 0.1) is 5.92 Å². The molecule has 0 radical (unpaired) electrons. The van der Waals surface area contributed by atoms with Gasteiger partial charge in [0.25, 0.3) is 0 Å². The van der Waals surface area contributed by atoms with E-state index >= 15 is 0 Å². The molecule has 23 heavy (non-hydrogen) atoms. The number of amides is 1. The zero-order valence-electron chi connectivity index (χ0n) is 13.8. The summed E-state index contributed by atoms with van der Waals surface area (Å²) in [6, 6.07) is 12.4. The van der Waals surface area contributed by atoms with Gasteiger partial charge in [-0.25, -0.2) is 0 Å². The predicted molar refractivity (Wildman–Crippen MR) is 91.4 cm³/mol. The minimum Gasteiger partial charge on any atom is -0.467 e. The lowest BCUT2D eigenvalue weighted by Crippen LogP contribution is -2.37. The molecule has 2 aromatic rings. The number of furan rings is 1. The normalized spacial score (nSPS) is 14.8. The predicted octanol–water partition coefficient (Wildman–Crippen LogP) is 3.55. The number of para-hydroxylation sites is 1. The molecule has 0 spiro atoms. The first-order valence-electron chi connectivity index (χ1n) is 8.30. The highest BCUT2D eigenvalue weighted by Crippen LogP contribution is 2.34. The average Bonchev–Trinajstić information content (AvgIpc) is 3.17. The SMILES string of the molecule is CC(C)CC(=O)NC[C@H](c1ccco1)N1CCc2ccccc21. The van der Waals surface area contributed by atoms with E-state index in [1.54, 1.807) is 6.26 Å². The van der Waals surface area contributed by atoms with Gasteiger partial charge in [0.1, 0.15) is 11.8 Å². The van der Waals surface area contributed by atoms with Crippen LogP contribution in [0.4, 0.5) is 5.69 Å². The number of anilines is 1. The van der Waals surface area contributed by atoms with Gasteiger partial charge in [-0.1, -0.05) is 32.0 Å². The van der Waals surface area contributed by atoms with Gasteiger partial charge < -0.3 is 14.6 Å². The van der Waals surface area contributed by atoms with Gasteiger partial charge in [-0.2, -0.15) is 0 Å². The van der Waals surface area contributed by atoms with E-state index in [1.165, 1.54) is 11.3 Å². The minimum absolute atomic E-state index is 0.0322. The van der Waals surface area contributed by atoms with Crippen LogP contribution in [0.3, 0.4) is 0 Å². The lowest BCUT2D eigenvalue weighted by atomic mass is 10.1. The number of fused-ring (bicyclic) bond motifs is 1. The third kappa shape index (κ3) is 3.58. The minimum atomic E-state index is 0.0322. The Labute approximate surface area is 137 Å². The summed E-state index contributed by atoms with van der Waals surface area (Å²) >= 11 is 0. The molecule has 1 N–H and O–H groups in total. The van der Waals surface area contributed by atoms with Crippen LogP contribution in [0.5, 0.6) is 0 Å². The van der Waals surface area contributed by atoms with Gasteiger partial charge in [-0.3, -0.25) is 4.79 Å². The number of hydrogen-bond donors (Lipinski definition) is 1. The molecule has 4 nitrogen and oxygen atoms in total. The highest BCUT2D eigenvalue weighted by molar-refractivity contribution is 5.76. The van der Waals surface area contributed by atoms with Gasteiger partial charge in [-0.15, -0.1) is 0 Å². The number of rotatable bonds is 6. The third-order valence-corrected chi connectivity index (χ3v) is 4.26. The van der Waals surface area contributed by atoms with Crippen LogP contribution in [-0.4, -0.2) is 19.0 Å². The molecule has 0 fully saturated rings. The maximum atomic E-state index is 12.0. The Kier molecular flexibility index (Phi) is 4.70. The summed E-state index contributed by atoms with van der Waals surface area (Å²) in [4.78, 5) is 14.4. The highest BCUT2D eigenvalue weighted by atomic mass is 16.3. The fourth-order valence-corrected chi connectivity index (χ4v) is 3.19. The maximum Gasteiger partial charge on any atom is 0.220 e. The summed E-state index contributed by atoms with van der Waals surface area (Å²) in [6.07, 6.45) is 3.29. The molecule has 1 aliphatic heterocycles. The van der Waals surface area contributed by atoms with Crippen LogP contribution in [0.2, 0.25) is 0 Å². The molecule has 1 aromatic carbocycles. The van der Waals surface area contributed by atoms with Crippen LogP contribution in [-0.2, 0) is 11.2 Å². The summed E-state index contributed by atoms with van der Waals surface area (Å²) in [5.41, 5.74) is 2.60. The van der Waals surface area contributed by atoms with Gasteiger partial charge >= 0.3 is 0 Å². The molecule has 3 rings (SSSR count). The second kappa shape index (κ2) is 6.90. The van der Waals surface area contributed by atoms with E-state index in [-0.39, 0.29) is 11.9 Å². The first-order valence-corrected chi connectivity index (χ1v) is 8.30. The average molecular weight is 312 g/mol. The van der Waals surface area contributed by atoms with Gasteiger partial charge in [0, 0.05) is 25.2 Å². The van der Waals surface area contributed by atoms with E-state index in [4.69, 9.17) is 4.42 Å². The summed E-state index contributed by atoms with van der Waals surface area (Å²) in [5, 5.41) is 3.07. The Hall–Kier alpha value is -2.23. The fraction of sp³-hybridized carbons (Fsp3) is 0.421. The standard InChI is InChI=1S/C19H24N2O2/c1-14(2)12-19(22)20-13-17(18-8-5-11-23-18)21-10-9-15-6-3-4-7-16(15)21/h3-8,11,14,17H,9-10,12-13H2,1-2H3,(H,20,22)/t17-/m1/s1. The molecule has 0 aliphatic carbocycles. The van der Waals surface area contributed by atoms with Gasteiger partial charge in [0.05, 0.1) is 6.26 Å². The van der Waals surface area contributed by atoms with E-state index in [9.17, 15) is 4.79 Å².